The predicted octanol–water partition coefficient (Wildman–Crippen LogP) is 2.37. The number of benzene rings is 2. The zero-order chi connectivity index (χ0) is 22.1. The maximum Gasteiger partial charge on any atom is 0.234 e. The molecular weight excluding hydrogens is 382 g/mol. The number of nitrogens with one attached hydrogen (secondary N) is 2. The van der Waals surface area contributed by atoms with Crippen molar-refractivity contribution in [1.82, 2.24) is 15.5 Å². The minimum absolute atomic E-state index is 0.0641. The van der Waals surface area contributed by atoms with E-state index in [1.807, 2.05) is 62.4 Å². The molecule has 0 heterocycles. The number of hydrogen-bond acceptors (Lipinski definition) is 5. The van der Waals surface area contributed by atoms with E-state index in [-0.39, 0.29) is 37.0 Å². The molecule has 0 spiro atoms. The SMILES string of the molecule is COc1ccc(C(NC(=O)CN(C)CC(=O)NC(C)C)c2ccc(OC)cc2)cc1. The number of amides is 2. The lowest BCUT2D eigenvalue weighted by Gasteiger charge is -2.23. The number of likely N-dealkylation sites (N-methyl/N-ethyl adjacent to an activating group) is 1. The third kappa shape index (κ3) is 7.08. The molecule has 0 aromatic heterocycles. The monoisotopic (exact) mass is 413 g/mol. The van der Waals surface area contributed by atoms with Crippen molar-refractivity contribution in [2.24, 2.45) is 0 Å². The van der Waals surface area contributed by atoms with Gasteiger partial charge in [-0.2, -0.15) is 0 Å². The first-order chi connectivity index (χ1) is 14.3. The van der Waals surface area contributed by atoms with Gasteiger partial charge in [0.1, 0.15) is 11.5 Å². The van der Waals surface area contributed by atoms with E-state index >= 15 is 0 Å². The minimum atomic E-state index is -0.341. The Hall–Kier alpha value is -3.06. The highest BCUT2D eigenvalue weighted by atomic mass is 16.5. The molecule has 0 saturated heterocycles. The molecule has 2 aromatic carbocycles. The molecule has 2 aromatic rings. The molecule has 30 heavy (non-hydrogen) atoms. The van der Waals surface area contributed by atoms with E-state index in [9.17, 15) is 9.59 Å². The fraction of sp³-hybridized carbons (Fsp3) is 0.391. The van der Waals surface area contributed by atoms with E-state index in [0.29, 0.717) is 0 Å². The molecule has 0 radical (unpaired) electrons. The maximum absolute atomic E-state index is 12.7. The molecule has 2 rings (SSSR count). The number of methoxy groups -OCH3 is 2. The summed E-state index contributed by atoms with van der Waals surface area (Å²) in [6.07, 6.45) is 0. The Balaban J connectivity index is 2.13. The molecule has 2 amide bonds. The van der Waals surface area contributed by atoms with Crippen molar-refractivity contribution >= 4 is 11.8 Å². The van der Waals surface area contributed by atoms with Crippen LogP contribution in [0.15, 0.2) is 48.5 Å². The Kier molecular flexibility index (Phi) is 8.68. The lowest BCUT2D eigenvalue weighted by atomic mass is 9.98. The lowest BCUT2D eigenvalue weighted by Crippen LogP contribution is -2.43. The zero-order valence-electron chi connectivity index (χ0n) is 18.3. The molecule has 0 bridgehead atoms. The summed E-state index contributed by atoms with van der Waals surface area (Å²) in [4.78, 5) is 26.3. The van der Waals surface area contributed by atoms with Crippen molar-refractivity contribution in [2.45, 2.75) is 25.9 Å². The molecule has 0 unspecified atom stereocenters. The topological polar surface area (TPSA) is 79.9 Å². The summed E-state index contributed by atoms with van der Waals surface area (Å²) in [5.74, 6) is 1.21. The summed E-state index contributed by atoms with van der Waals surface area (Å²) in [5.41, 5.74) is 1.85. The molecule has 0 saturated carbocycles. The van der Waals surface area contributed by atoms with Crippen LogP contribution >= 0.6 is 0 Å². The van der Waals surface area contributed by atoms with Crippen molar-refractivity contribution in [3.8, 4) is 11.5 Å². The molecule has 0 atom stereocenters. The zero-order valence-corrected chi connectivity index (χ0v) is 18.3. The molecular formula is C23H31N3O4. The average Bonchev–Trinajstić information content (AvgIpc) is 2.71. The predicted molar refractivity (Wildman–Crippen MR) is 117 cm³/mol. The summed E-state index contributed by atoms with van der Waals surface area (Å²) >= 11 is 0. The van der Waals surface area contributed by atoms with Crippen LogP contribution in [-0.4, -0.2) is 57.1 Å². The van der Waals surface area contributed by atoms with Gasteiger partial charge in [-0.3, -0.25) is 14.5 Å². The van der Waals surface area contributed by atoms with Crippen LogP contribution in [0.5, 0.6) is 11.5 Å². The first-order valence-electron chi connectivity index (χ1n) is 9.87. The summed E-state index contributed by atoms with van der Waals surface area (Å²) in [7, 11) is 4.97. The Morgan fingerprint density at radius 3 is 1.57 bits per heavy atom. The van der Waals surface area contributed by atoms with E-state index < -0.39 is 0 Å². The second-order valence-electron chi connectivity index (χ2n) is 7.44. The molecule has 0 aliphatic heterocycles. The molecule has 0 aliphatic carbocycles. The van der Waals surface area contributed by atoms with Crippen molar-refractivity contribution in [2.75, 3.05) is 34.4 Å². The van der Waals surface area contributed by atoms with Crippen molar-refractivity contribution < 1.29 is 19.1 Å². The first kappa shape index (κ1) is 23.2. The summed E-state index contributed by atoms with van der Waals surface area (Å²) in [6.45, 7) is 4.06. The van der Waals surface area contributed by atoms with E-state index in [1.165, 1.54) is 0 Å². The van der Waals surface area contributed by atoms with Crippen LogP contribution in [0.3, 0.4) is 0 Å². The minimum Gasteiger partial charge on any atom is -0.497 e. The summed E-state index contributed by atoms with van der Waals surface area (Å²) in [6, 6.07) is 14.9. The van der Waals surface area contributed by atoms with E-state index in [0.717, 1.165) is 22.6 Å². The van der Waals surface area contributed by atoms with Crippen LogP contribution in [0.4, 0.5) is 0 Å². The molecule has 2 N–H and O–H groups in total. The fourth-order valence-electron chi connectivity index (χ4n) is 3.07. The largest absolute Gasteiger partial charge is 0.497 e. The van der Waals surface area contributed by atoms with E-state index in [1.54, 1.807) is 26.2 Å². The molecule has 7 nitrogen and oxygen atoms in total. The molecule has 7 heteroatoms. The van der Waals surface area contributed by atoms with Gasteiger partial charge < -0.3 is 20.1 Å². The fourth-order valence-corrected chi connectivity index (χ4v) is 3.07. The number of hydrogen-bond donors (Lipinski definition) is 2. The van der Waals surface area contributed by atoms with Gasteiger partial charge in [-0.25, -0.2) is 0 Å². The van der Waals surface area contributed by atoms with E-state index in [4.69, 9.17) is 9.47 Å². The Morgan fingerprint density at radius 2 is 1.20 bits per heavy atom. The van der Waals surface area contributed by atoms with Gasteiger partial charge >= 0.3 is 0 Å². The lowest BCUT2D eigenvalue weighted by molar-refractivity contribution is -0.125. The number of ether oxygens (including phenoxy) is 2. The van der Waals surface area contributed by atoms with Gasteiger partial charge in [0.25, 0.3) is 0 Å². The third-order valence-electron chi connectivity index (χ3n) is 4.48. The van der Waals surface area contributed by atoms with Crippen LogP contribution in [0.2, 0.25) is 0 Å². The van der Waals surface area contributed by atoms with Gasteiger partial charge in [0.05, 0.1) is 33.4 Å². The number of carbonyl (C=O) groups excluding carboxylic acids is 2. The van der Waals surface area contributed by atoms with Crippen LogP contribution in [0, 0.1) is 0 Å². The smallest absolute Gasteiger partial charge is 0.234 e. The van der Waals surface area contributed by atoms with Crippen LogP contribution in [0.1, 0.15) is 31.0 Å². The van der Waals surface area contributed by atoms with Gasteiger partial charge in [0, 0.05) is 6.04 Å². The standard InChI is InChI=1S/C23H31N3O4/c1-16(2)24-21(27)14-26(3)15-22(28)25-23(17-6-10-19(29-4)11-7-17)18-8-12-20(30-5)13-9-18/h6-13,16,23H,14-15H2,1-5H3,(H,24,27)(H,25,28). The molecule has 0 aliphatic rings. The highest BCUT2D eigenvalue weighted by Gasteiger charge is 2.19. The van der Waals surface area contributed by atoms with Gasteiger partial charge in [0.15, 0.2) is 0 Å². The van der Waals surface area contributed by atoms with Gasteiger partial charge in [-0.15, -0.1) is 0 Å². The van der Waals surface area contributed by atoms with Crippen molar-refractivity contribution in [3.05, 3.63) is 59.7 Å². The van der Waals surface area contributed by atoms with Crippen molar-refractivity contribution in [1.29, 1.82) is 0 Å². The van der Waals surface area contributed by atoms with Gasteiger partial charge in [-0.1, -0.05) is 24.3 Å². The van der Waals surface area contributed by atoms with Gasteiger partial charge in [-0.05, 0) is 56.3 Å². The number of nitrogens with zero attached hydrogens (tertiary/aromatic N) is 1. The number of rotatable bonds is 10. The number of carbonyl (C=O) groups is 2. The molecule has 162 valence electrons. The second kappa shape index (κ2) is 11.2. The quantitative estimate of drug-likeness (QED) is 0.625. The molecule has 0 fully saturated rings. The van der Waals surface area contributed by atoms with Crippen LogP contribution < -0.4 is 20.1 Å². The Morgan fingerprint density at radius 1 is 0.800 bits per heavy atom. The van der Waals surface area contributed by atoms with Crippen molar-refractivity contribution in [3.63, 3.8) is 0 Å². The third-order valence-corrected chi connectivity index (χ3v) is 4.48. The highest BCUT2D eigenvalue weighted by Crippen LogP contribution is 2.26. The Bertz CT molecular complexity index is 772. The average molecular weight is 414 g/mol. The second-order valence-corrected chi connectivity index (χ2v) is 7.44. The first-order valence-corrected chi connectivity index (χ1v) is 9.87. The normalized spacial score (nSPS) is 10.9. The highest BCUT2D eigenvalue weighted by molar-refractivity contribution is 5.81. The Labute approximate surface area is 178 Å². The van der Waals surface area contributed by atoms with Crippen LogP contribution in [-0.2, 0) is 9.59 Å². The maximum atomic E-state index is 12.7. The van der Waals surface area contributed by atoms with Crippen LogP contribution in [0.25, 0.3) is 0 Å². The van der Waals surface area contributed by atoms with E-state index in [2.05, 4.69) is 10.6 Å². The summed E-state index contributed by atoms with van der Waals surface area (Å²) < 4.78 is 10.5. The van der Waals surface area contributed by atoms with Gasteiger partial charge in [0.2, 0.25) is 11.8 Å². The summed E-state index contributed by atoms with van der Waals surface area (Å²) in [5, 5.41) is 5.90.